The largest absolute Gasteiger partial charge is 0.506 e. The highest BCUT2D eigenvalue weighted by Crippen LogP contribution is 2.31. The Morgan fingerprint density at radius 2 is 2.25 bits per heavy atom. The molecule has 6 nitrogen and oxygen atoms in total. The fourth-order valence-electron chi connectivity index (χ4n) is 1.79. The van der Waals surface area contributed by atoms with Crippen LogP contribution >= 0.6 is 15.9 Å². The van der Waals surface area contributed by atoms with E-state index in [1.54, 1.807) is 12.1 Å². The molecule has 20 heavy (non-hydrogen) atoms. The molecule has 0 aliphatic rings. The van der Waals surface area contributed by atoms with Crippen molar-refractivity contribution in [3.8, 4) is 17.5 Å². The molecule has 2 rings (SSSR count). The lowest BCUT2D eigenvalue weighted by Crippen LogP contribution is -2.11. The molecule has 7 heteroatoms. The van der Waals surface area contributed by atoms with E-state index >= 15 is 0 Å². The van der Waals surface area contributed by atoms with Crippen LogP contribution in [0.3, 0.4) is 0 Å². The molecule has 0 fully saturated rings. The molecule has 2 aromatic rings. The first-order chi connectivity index (χ1) is 9.49. The number of anilines is 1. The monoisotopic (exact) mass is 335 g/mol. The number of aromatic hydroxyl groups is 1. The van der Waals surface area contributed by atoms with E-state index in [-0.39, 0.29) is 22.7 Å². The second-order valence-electron chi connectivity index (χ2n) is 3.91. The molecule has 0 atom stereocenters. The number of methoxy groups -OCH3 is 1. The minimum absolute atomic E-state index is 0.00236. The van der Waals surface area contributed by atoms with Crippen LogP contribution in [0, 0.1) is 11.3 Å². The van der Waals surface area contributed by atoms with Crippen molar-refractivity contribution in [2.75, 3.05) is 12.8 Å². The molecule has 0 saturated heterocycles. The number of hydrogen-bond donors (Lipinski definition) is 2. The number of carbonyl (C=O) groups is 1. The molecular weight excluding hydrogens is 326 g/mol. The van der Waals surface area contributed by atoms with Crippen LogP contribution < -0.4 is 5.73 Å². The third kappa shape index (κ3) is 2.21. The predicted octanol–water partition coefficient (Wildman–Crippen LogP) is 2.19. The van der Waals surface area contributed by atoms with Gasteiger partial charge in [-0.25, -0.2) is 4.79 Å². The molecule has 1 heterocycles. The first kappa shape index (κ1) is 14.0. The van der Waals surface area contributed by atoms with Crippen LogP contribution in [-0.2, 0) is 4.74 Å². The fourth-order valence-corrected chi connectivity index (χ4v) is 2.14. The van der Waals surface area contributed by atoms with Crippen LogP contribution in [0.2, 0.25) is 0 Å². The van der Waals surface area contributed by atoms with Gasteiger partial charge < -0.3 is 20.1 Å². The molecule has 0 amide bonds. The smallest absolute Gasteiger partial charge is 0.357 e. The average molecular weight is 336 g/mol. The number of nitrogens with zero attached hydrogens (tertiary/aromatic N) is 2. The van der Waals surface area contributed by atoms with E-state index in [1.165, 1.54) is 23.9 Å². The minimum atomic E-state index is -0.691. The van der Waals surface area contributed by atoms with Crippen molar-refractivity contribution in [1.29, 1.82) is 5.26 Å². The van der Waals surface area contributed by atoms with Gasteiger partial charge in [0, 0.05) is 10.7 Å². The van der Waals surface area contributed by atoms with Crippen LogP contribution in [0.1, 0.15) is 16.1 Å². The SMILES string of the molecule is COC(=O)c1c(N)c(C#N)cn1-c1cc(Br)ccc1O. The molecule has 0 spiro atoms. The zero-order chi connectivity index (χ0) is 14.9. The second kappa shape index (κ2) is 5.27. The van der Waals surface area contributed by atoms with Crippen LogP contribution in [0.5, 0.6) is 5.75 Å². The van der Waals surface area contributed by atoms with E-state index in [4.69, 9.17) is 11.0 Å². The van der Waals surface area contributed by atoms with Gasteiger partial charge in [0.25, 0.3) is 0 Å². The van der Waals surface area contributed by atoms with Gasteiger partial charge in [-0.2, -0.15) is 5.26 Å². The quantitative estimate of drug-likeness (QED) is 0.819. The Bertz CT molecular complexity index is 731. The number of nitrogen functional groups attached to an aromatic ring is 1. The van der Waals surface area contributed by atoms with Gasteiger partial charge in [0.05, 0.1) is 24.0 Å². The van der Waals surface area contributed by atoms with Crippen molar-refractivity contribution in [3.63, 3.8) is 0 Å². The summed E-state index contributed by atoms with van der Waals surface area (Å²) in [7, 11) is 1.21. The van der Waals surface area contributed by atoms with Crippen LogP contribution in [0.25, 0.3) is 5.69 Å². The number of aromatic nitrogens is 1. The van der Waals surface area contributed by atoms with Crippen molar-refractivity contribution in [3.05, 3.63) is 40.1 Å². The van der Waals surface area contributed by atoms with E-state index in [2.05, 4.69) is 20.7 Å². The summed E-state index contributed by atoms with van der Waals surface area (Å²) in [4.78, 5) is 11.8. The standard InChI is InChI=1S/C13H10BrN3O3/c1-20-13(19)12-11(16)7(5-15)6-17(12)9-4-8(14)2-3-10(9)18/h2-4,6,18H,16H2,1H3. The Labute approximate surface area is 123 Å². The van der Waals surface area contributed by atoms with Gasteiger partial charge in [-0.3, -0.25) is 0 Å². The Hall–Kier alpha value is -2.46. The Balaban J connectivity index is 2.77. The summed E-state index contributed by atoms with van der Waals surface area (Å²) in [6.07, 6.45) is 1.38. The molecule has 0 radical (unpaired) electrons. The van der Waals surface area contributed by atoms with Crippen molar-refractivity contribution < 1.29 is 14.6 Å². The van der Waals surface area contributed by atoms with Gasteiger partial charge >= 0.3 is 5.97 Å². The molecule has 0 unspecified atom stereocenters. The summed E-state index contributed by atoms with van der Waals surface area (Å²) in [6.45, 7) is 0. The number of hydrogen-bond acceptors (Lipinski definition) is 5. The van der Waals surface area contributed by atoms with Gasteiger partial charge in [0.2, 0.25) is 0 Å². The number of phenolic OH excluding ortho intramolecular Hbond substituents is 1. The predicted molar refractivity (Wildman–Crippen MR) is 75.6 cm³/mol. The van der Waals surface area contributed by atoms with E-state index < -0.39 is 5.97 Å². The molecule has 3 N–H and O–H groups in total. The van der Waals surface area contributed by atoms with E-state index in [0.717, 1.165) is 0 Å². The summed E-state index contributed by atoms with van der Waals surface area (Å²) < 4.78 is 6.70. The number of esters is 1. The lowest BCUT2D eigenvalue weighted by atomic mass is 10.2. The number of ether oxygens (including phenoxy) is 1. The van der Waals surface area contributed by atoms with Crippen LogP contribution in [0.4, 0.5) is 5.69 Å². The average Bonchev–Trinajstić information content (AvgIpc) is 2.77. The number of carbonyl (C=O) groups excluding carboxylic acids is 1. The molecule has 0 aliphatic carbocycles. The van der Waals surface area contributed by atoms with Crippen molar-refractivity contribution in [2.24, 2.45) is 0 Å². The molecule has 1 aromatic carbocycles. The molecule has 102 valence electrons. The highest BCUT2D eigenvalue weighted by molar-refractivity contribution is 9.10. The lowest BCUT2D eigenvalue weighted by Gasteiger charge is -2.10. The fraction of sp³-hybridized carbons (Fsp3) is 0.0769. The number of phenols is 1. The Kier molecular flexibility index (Phi) is 3.68. The summed E-state index contributed by atoms with van der Waals surface area (Å²) in [5.74, 6) is -0.749. The van der Waals surface area contributed by atoms with Gasteiger partial charge in [-0.15, -0.1) is 0 Å². The lowest BCUT2D eigenvalue weighted by molar-refractivity contribution is 0.0593. The van der Waals surface area contributed by atoms with Gasteiger partial charge in [-0.1, -0.05) is 15.9 Å². The zero-order valence-electron chi connectivity index (χ0n) is 10.4. The topological polar surface area (TPSA) is 101 Å². The number of benzene rings is 1. The molecule has 0 bridgehead atoms. The Morgan fingerprint density at radius 1 is 1.55 bits per heavy atom. The maximum absolute atomic E-state index is 11.8. The van der Waals surface area contributed by atoms with Crippen molar-refractivity contribution >= 4 is 27.6 Å². The third-order valence-electron chi connectivity index (χ3n) is 2.74. The second-order valence-corrected chi connectivity index (χ2v) is 4.83. The molecule has 0 saturated carbocycles. The van der Waals surface area contributed by atoms with Gasteiger partial charge in [-0.05, 0) is 18.2 Å². The molecule has 0 aliphatic heterocycles. The van der Waals surface area contributed by atoms with E-state index in [9.17, 15) is 9.90 Å². The van der Waals surface area contributed by atoms with Crippen LogP contribution in [0.15, 0.2) is 28.9 Å². The Morgan fingerprint density at radius 3 is 2.85 bits per heavy atom. The molecular formula is C13H10BrN3O3. The highest BCUT2D eigenvalue weighted by atomic mass is 79.9. The number of rotatable bonds is 2. The first-order valence-electron chi connectivity index (χ1n) is 5.47. The third-order valence-corrected chi connectivity index (χ3v) is 3.23. The summed E-state index contributed by atoms with van der Waals surface area (Å²) in [5.41, 5.74) is 6.23. The summed E-state index contributed by atoms with van der Waals surface area (Å²) in [6, 6.07) is 6.60. The highest BCUT2D eigenvalue weighted by Gasteiger charge is 2.23. The van der Waals surface area contributed by atoms with E-state index in [0.29, 0.717) is 10.2 Å². The maximum atomic E-state index is 11.8. The van der Waals surface area contributed by atoms with Crippen molar-refractivity contribution in [2.45, 2.75) is 0 Å². The minimum Gasteiger partial charge on any atom is -0.506 e. The summed E-state index contributed by atoms with van der Waals surface area (Å²) in [5, 5.41) is 18.9. The maximum Gasteiger partial charge on any atom is 0.357 e. The summed E-state index contributed by atoms with van der Waals surface area (Å²) >= 11 is 3.28. The zero-order valence-corrected chi connectivity index (χ0v) is 12.0. The van der Waals surface area contributed by atoms with Crippen LogP contribution in [-0.4, -0.2) is 22.8 Å². The van der Waals surface area contributed by atoms with Crippen molar-refractivity contribution in [1.82, 2.24) is 4.57 Å². The normalized spacial score (nSPS) is 10.1. The number of halogens is 1. The van der Waals surface area contributed by atoms with Gasteiger partial charge in [0.1, 0.15) is 11.8 Å². The molecule has 1 aromatic heterocycles. The first-order valence-corrected chi connectivity index (χ1v) is 6.27. The van der Waals surface area contributed by atoms with Gasteiger partial charge in [0.15, 0.2) is 5.69 Å². The van der Waals surface area contributed by atoms with E-state index in [1.807, 2.05) is 6.07 Å². The number of nitriles is 1. The number of nitrogens with two attached hydrogens (primary N) is 1.